The molecule has 0 bridgehead atoms. The van der Waals surface area contributed by atoms with Crippen LogP contribution in [0.5, 0.6) is 23.0 Å². The molecule has 0 radical (unpaired) electrons. The molecule has 0 heterocycles. The second-order valence-corrected chi connectivity index (χ2v) is 11.1. The van der Waals surface area contributed by atoms with Crippen LogP contribution in [0.15, 0.2) is 72.8 Å². The molecular weight excluding hydrogens is 568 g/mol. The van der Waals surface area contributed by atoms with Crippen molar-refractivity contribution in [2.24, 2.45) is 0 Å². The molecule has 7 nitrogen and oxygen atoms in total. The number of rotatable bonds is 20. The minimum atomic E-state index is -1.02. The third kappa shape index (κ3) is 13.2. The number of hydrogen-bond acceptors (Lipinski definition) is 7. The van der Waals surface area contributed by atoms with Gasteiger partial charge in [0.2, 0.25) is 0 Å². The zero-order chi connectivity index (χ0) is 32.3. The number of carbonyl (C=O) groups is 2. The van der Waals surface area contributed by atoms with Crippen molar-refractivity contribution in [3.63, 3.8) is 0 Å². The van der Waals surface area contributed by atoms with Crippen molar-refractivity contribution in [2.75, 3.05) is 6.61 Å². The van der Waals surface area contributed by atoms with E-state index in [-0.39, 0.29) is 12.6 Å². The third-order valence-electron chi connectivity index (χ3n) is 7.26. The van der Waals surface area contributed by atoms with E-state index in [0.717, 1.165) is 24.8 Å². The van der Waals surface area contributed by atoms with Gasteiger partial charge in [-0.05, 0) is 43.2 Å². The standard InChI is InChI=1S/C38H48O7/c1-4-6-7-8-9-10-11-12-16-19-38(41)45-33-23-24-34(37(27-33)43-28-30-17-14-13-15-18-30)35(40)25-21-31-20-22-32(44-29(3)39)26-36(31)42-5-2/h13-15,17-18,20-27,35,40H,4-12,16,19,28H2,1-3H3. The minimum Gasteiger partial charge on any atom is -0.493 e. The summed E-state index contributed by atoms with van der Waals surface area (Å²) in [4.78, 5) is 24.0. The molecule has 0 amide bonds. The normalized spacial score (nSPS) is 11.7. The van der Waals surface area contributed by atoms with Crippen LogP contribution in [-0.4, -0.2) is 23.7 Å². The first-order chi connectivity index (χ1) is 21.9. The van der Waals surface area contributed by atoms with Gasteiger partial charge >= 0.3 is 11.9 Å². The lowest BCUT2D eigenvalue weighted by molar-refractivity contribution is -0.134. The molecule has 1 atom stereocenters. The molecule has 0 fully saturated rings. The zero-order valence-corrected chi connectivity index (χ0v) is 27.0. The summed E-state index contributed by atoms with van der Waals surface area (Å²) in [5.41, 5.74) is 2.20. The Kier molecular flexibility index (Phi) is 15.7. The predicted molar refractivity (Wildman–Crippen MR) is 178 cm³/mol. The van der Waals surface area contributed by atoms with E-state index in [1.54, 1.807) is 48.6 Å². The molecular formula is C38H48O7. The Hall–Kier alpha value is -4.10. The SMILES string of the molecule is CCCCCCCCCCCC(=O)Oc1ccc(C(O)C=Cc2ccc(OC(C)=O)cc2OCC)c(OCc2ccccc2)c1. The highest BCUT2D eigenvalue weighted by Gasteiger charge is 2.15. The van der Waals surface area contributed by atoms with E-state index in [9.17, 15) is 14.7 Å². The maximum Gasteiger partial charge on any atom is 0.311 e. The lowest BCUT2D eigenvalue weighted by Crippen LogP contribution is -2.08. The molecule has 3 rings (SSSR count). The first-order valence-corrected chi connectivity index (χ1v) is 16.2. The number of esters is 2. The summed E-state index contributed by atoms with van der Waals surface area (Å²) in [6, 6.07) is 19.8. The van der Waals surface area contributed by atoms with Crippen LogP contribution in [0.25, 0.3) is 6.08 Å². The van der Waals surface area contributed by atoms with Crippen LogP contribution < -0.4 is 18.9 Å². The fourth-order valence-electron chi connectivity index (χ4n) is 4.91. The predicted octanol–water partition coefficient (Wildman–Crippen LogP) is 9.16. The summed E-state index contributed by atoms with van der Waals surface area (Å²) in [7, 11) is 0. The molecule has 3 aromatic carbocycles. The Balaban J connectivity index is 1.67. The van der Waals surface area contributed by atoms with Gasteiger partial charge in [0.25, 0.3) is 0 Å². The van der Waals surface area contributed by atoms with E-state index >= 15 is 0 Å². The molecule has 242 valence electrons. The number of aliphatic hydroxyl groups excluding tert-OH is 1. The van der Waals surface area contributed by atoms with E-state index in [0.29, 0.717) is 47.2 Å². The van der Waals surface area contributed by atoms with E-state index in [1.807, 2.05) is 37.3 Å². The van der Waals surface area contributed by atoms with Crippen molar-refractivity contribution in [1.82, 2.24) is 0 Å². The molecule has 0 saturated carbocycles. The van der Waals surface area contributed by atoms with Gasteiger partial charge in [-0.2, -0.15) is 0 Å². The summed E-state index contributed by atoms with van der Waals surface area (Å²) in [6.45, 7) is 6.13. The first-order valence-electron chi connectivity index (χ1n) is 16.2. The second-order valence-electron chi connectivity index (χ2n) is 11.1. The van der Waals surface area contributed by atoms with Gasteiger partial charge in [-0.25, -0.2) is 0 Å². The van der Waals surface area contributed by atoms with Crippen LogP contribution >= 0.6 is 0 Å². The van der Waals surface area contributed by atoms with Crippen LogP contribution in [0.2, 0.25) is 0 Å². The largest absolute Gasteiger partial charge is 0.493 e. The van der Waals surface area contributed by atoms with Crippen LogP contribution in [-0.2, 0) is 16.2 Å². The molecule has 3 aromatic rings. The maximum absolute atomic E-state index is 12.6. The molecule has 0 aromatic heterocycles. The van der Waals surface area contributed by atoms with Crippen LogP contribution in [0.1, 0.15) is 108 Å². The van der Waals surface area contributed by atoms with Gasteiger partial charge < -0.3 is 24.1 Å². The Morgan fingerprint density at radius 2 is 1.40 bits per heavy atom. The van der Waals surface area contributed by atoms with E-state index in [2.05, 4.69) is 6.92 Å². The van der Waals surface area contributed by atoms with Crippen molar-refractivity contribution in [1.29, 1.82) is 0 Å². The van der Waals surface area contributed by atoms with Crippen molar-refractivity contribution in [2.45, 2.75) is 97.7 Å². The van der Waals surface area contributed by atoms with Gasteiger partial charge in [0, 0.05) is 36.6 Å². The van der Waals surface area contributed by atoms with E-state index < -0.39 is 12.1 Å². The highest BCUT2D eigenvalue weighted by atomic mass is 16.5. The van der Waals surface area contributed by atoms with Gasteiger partial charge in [-0.3, -0.25) is 9.59 Å². The fraction of sp³-hybridized carbons (Fsp3) is 0.421. The van der Waals surface area contributed by atoms with Crippen molar-refractivity contribution >= 4 is 18.0 Å². The summed E-state index contributed by atoms with van der Waals surface area (Å²) < 4.78 is 22.7. The number of unbranched alkanes of at least 4 members (excludes halogenated alkanes) is 8. The quantitative estimate of drug-likeness (QED) is 0.0769. The third-order valence-corrected chi connectivity index (χ3v) is 7.26. The molecule has 0 aliphatic rings. The number of aliphatic hydroxyl groups is 1. The number of carbonyl (C=O) groups excluding carboxylic acids is 2. The zero-order valence-electron chi connectivity index (χ0n) is 27.0. The molecule has 0 saturated heterocycles. The summed E-state index contributed by atoms with van der Waals surface area (Å²) in [6.07, 6.45) is 13.3. The minimum absolute atomic E-state index is 0.277. The summed E-state index contributed by atoms with van der Waals surface area (Å²) >= 11 is 0. The molecule has 0 aliphatic heterocycles. The highest BCUT2D eigenvalue weighted by Crippen LogP contribution is 2.33. The molecule has 7 heteroatoms. The maximum atomic E-state index is 12.6. The van der Waals surface area contributed by atoms with Crippen molar-refractivity contribution in [3.05, 3.63) is 89.5 Å². The Morgan fingerprint density at radius 1 is 0.756 bits per heavy atom. The molecule has 1 unspecified atom stereocenters. The van der Waals surface area contributed by atoms with Gasteiger partial charge in [0.05, 0.1) is 6.61 Å². The number of ether oxygens (including phenoxy) is 4. The number of hydrogen-bond donors (Lipinski definition) is 1. The van der Waals surface area contributed by atoms with E-state index in [1.165, 1.54) is 45.4 Å². The molecule has 45 heavy (non-hydrogen) atoms. The first kappa shape index (κ1) is 35.4. The molecule has 0 aliphatic carbocycles. The Labute approximate surface area is 268 Å². The van der Waals surface area contributed by atoms with Crippen LogP contribution in [0.4, 0.5) is 0 Å². The monoisotopic (exact) mass is 616 g/mol. The lowest BCUT2D eigenvalue weighted by Gasteiger charge is -2.16. The summed E-state index contributed by atoms with van der Waals surface area (Å²) in [5, 5.41) is 11.2. The highest BCUT2D eigenvalue weighted by molar-refractivity contribution is 5.72. The van der Waals surface area contributed by atoms with Gasteiger partial charge in [0.1, 0.15) is 35.7 Å². The average molecular weight is 617 g/mol. The smallest absolute Gasteiger partial charge is 0.311 e. The number of benzene rings is 3. The molecule has 0 spiro atoms. The summed E-state index contributed by atoms with van der Waals surface area (Å²) in [5.74, 6) is 0.994. The van der Waals surface area contributed by atoms with Gasteiger partial charge in [-0.1, -0.05) is 101 Å². The van der Waals surface area contributed by atoms with Gasteiger partial charge in [0.15, 0.2) is 0 Å². The van der Waals surface area contributed by atoms with Crippen LogP contribution in [0, 0.1) is 0 Å². The second kappa shape index (κ2) is 20.0. The lowest BCUT2D eigenvalue weighted by atomic mass is 10.1. The van der Waals surface area contributed by atoms with Crippen LogP contribution in [0.3, 0.4) is 0 Å². The topological polar surface area (TPSA) is 91.3 Å². The Bertz CT molecular complexity index is 1350. The average Bonchev–Trinajstić information content (AvgIpc) is 3.03. The fourth-order valence-corrected chi connectivity index (χ4v) is 4.91. The molecule has 1 N–H and O–H groups in total. The van der Waals surface area contributed by atoms with Crippen molar-refractivity contribution < 1.29 is 33.6 Å². The van der Waals surface area contributed by atoms with Crippen molar-refractivity contribution in [3.8, 4) is 23.0 Å². The Morgan fingerprint density at radius 3 is 2.09 bits per heavy atom. The van der Waals surface area contributed by atoms with E-state index in [4.69, 9.17) is 18.9 Å². The van der Waals surface area contributed by atoms with Gasteiger partial charge in [-0.15, -0.1) is 0 Å².